The third-order valence-corrected chi connectivity index (χ3v) is 3.15. The topological polar surface area (TPSA) is 96.0 Å². The van der Waals surface area contributed by atoms with Crippen LogP contribution in [0.15, 0.2) is 18.2 Å². The minimum Gasteiger partial charge on any atom is -0.320 e. The standard InChI is InChI=1S/C12H13N3O2S/c1-10-4-5-12(9-11(10)3-2-6-13)15-18(16,17)8-7-14/h4-5,9,15H,6,8,13H2,1H3. The van der Waals surface area contributed by atoms with E-state index in [4.69, 9.17) is 11.0 Å². The Morgan fingerprint density at radius 2 is 2.17 bits per heavy atom. The first-order valence-electron chi connectivity index (χ1n) is 5.15. The summed E-state index contributed by atoms with van der Waals surface area (Å²) in [5.41, 5.74) is 7.31. The van der Waals surface area contributed by atoms with Crippen molar-refractivity contribution in [2.24, 2.45) is 5.73 Å². The van der Waals surface area contributed by atoms with Gasteiger partial charge in [-0.2, -0.15) is 5.26 Å². The Hall–Kier alpha value is -2.02. The van der Waals surface area contributed by atoms with Crippen LogP contribution in [0.5, 0.6) is 0 Å². The summed E-state index contributed by atoms with van der Waals surface area (Å²) in [6, 6.07) is 6.59. The molecule has 0 radical (unpaired) electrons. The zero-order valence-corrected chi connectivity index (χ0v) is 10.7. The Bertz CT molecular complexity index is 634. The Balaban J connectivity index is 3.03. The summed E-state index contributed by atoms with van der Waals surface area (Å²) >= 11 is 0. The summed E-state index contributed by atoms with van der Waals surface area (Å²) in [6.07, 6.45) is 0. The third kappa shape index (κ3) is 4.10. The molecule has 6 heteroatoms. The molecule has 0 fully saturated rings. The second-order valence-electron chi connectivity index (χ2n) is 3.55. The number of aryl methyl sites for hydroxylation is 1. The molecule has 1 aromatic rings. The molecule has 94 valence electrons. The van der Waals surface area contributed by atoms with Gasteiger partial charge in [0.2, 0.25) is 10.0 Å². The number of sulfonamides is 1. The van der Waals surface area contributed by atoms with Crippen LogP contribution < -0.4 is 10.5 Å². The normalized spacial score (nSPS) is 10.1. The molecule has 0 spiro atoms. The molecule has 18 heavy (non-hydrogen) atoms. The minimum atomic E-state index is -3.62. The molecule has 0 heterocycles. The Kier molecular flexibility index (Phi) is 4.73. The molecule has 0 saturated heterocycles. The van der Waals surface area contributed by atoms with Crippen molar-refractivity contribution in [1.29, 1.82) is 5.26 Å². The van der Waals surface area contributed by atoms with E-state index in [-0.39, 0.29) is 6.54 Å². The Morgan fingerprint density at radius 3 is 2.78 bits per heavy atom. The van der Waals surface area contributed by atoms with E-state index >= 15 is 0 Å². The van der Waals surface area contributed by atoms with E-state index in [1.807, 2.05) is 6.92 Å². The lowest BCUT2D eigenvalue weighted by atomic mass is 10.1. The van der Waals surface area contributed by atoms with Crippen molar-refractivity contribution in [2.75, 3.05) is 17.0 Å². The molecular weight excluding hydrogens is 250 g/mol. The fourth-order valence-electron chi connectivity index (χ4n) is 1.27. The average Bonchev–Trinajstić information content (AvgIpc) is 2.29. The van der Waals surface area contributed by atoms with Gasteiger partial charge in [0, 0.05) is 11.3 Å². The summed E-state index contributed by atoms with van der Waals surface area (Å²) in [5, 5.41) is 8.39. The molecule has 0 amide bonds. The molecule has 0 aliphatic rings. The van der Waals surface area contributed by atoms with Crippen molar-refractivity contribution in [3.05, 3.63) is 29.3 Å². The number of hydrogen-bond acceptors (Lipinski definition) is 4. The maximum atomic E-state index is 11.4. The van der Waals surface area contributed by atoms with Crippen LogP contribution in [0, 0.1) is 30.1 Å². The van der Waals surface area contributed by atoms with E-state index in [0.717, 1.165) is 5.56 Å². The number of nitrogens with one attached hydrogen (secondary N) is 1. The monoisotopic (exact) mass is 263 g/mol. The van der Waals surface area contributed by atoms with Crippen LogP contribution >= 0.6 is 0 Å². The number of nitrogens with two attached hydrogens (primary N) is 1. The first-order valence-corrected chi connectivity index (χ1v) is 6.81. The van der Waals surface area contributed by atoms with E-state index in [1.54, 1.807) is 24.3 Å². The molecular formula is C12H13N3O2S. The second kappa shape index (κ2) is 6.06. The molecule has 0 unspecified atom stereocenters. The number of nitrogens with zero attached hydrogens (tertiary/aromatic N) is 1. The van der Waals surface area contributed by atoms with Crippen LogP contribution in [-0.2, 0) is 10.0 Å². The highest BCUT2D eigenvalue weighted by Gasteiger charge is 2.09. The lowest BCUT2D eigenvalue weighted by molar-refractivity contribution is 0.604. The van der Waals surface area contributed by atoms with Crippen LogP contribution in [0.1, 0.15) is 11.1 Å². The average molecular weight is 263 g/mol. The lowest BCUT2D eigenvalue weighted by Crippen LogP contribution is -2.15. The highest BCUT2D eigenvalue weighted by atomic mass is 32.2. The largest absolute Gasteiger partial charge is 0.320 e. The van der Waals surface area contributed by atoms with Crippen molar-refractivity contribution < 1.29 is 8.42 Å². The minimum absolute atomic E-state index is 0.240. The van der Waals surface area contributed by atoms with Gasteiger partial charge in [-0.1, -0.05) is 17.9 Å². The molecule has 5 nitrogen and oxygen atoms in total. The van der Waals surface area contributed by atoms with Gasteiger partial charge in [-0.15, -0.1) is 0 Å². The lowest BCUT2D eigenvalue weighted by Gasteiger charge is -2.06. The van der Waals surface area contributed by atoms with E-state index in [2.05, 4.69) is 16.6 Å². The van der Waals surface area contributed by atoms with Crippen molar-refractivity contribution >= 4 is 15.7 Å². The zero-order valence-electron chi connectivity index (χ0n) is 9.90. The predicted molar refractivity (Wildman–Crippen MR) is 70.1 cm³/mol. The summed E-state index contributed by atoms with van der Waals surface area (Å²) in [6.45, 7) is 2.11. The predicted octanol–water partition coefficient (Wildman–Crippen LogP) is 0.571. The van der Waals surface area contributed by atoms with Gasteiger partial charge in [-0.05, 0) is 24.6 Å². The van der Waals surface area contributed by atoms with Gasteiger partial charge >= 0.3 is 0 Å². The quantitative estimate of drug-likeness (QED) is 0.779. The molecule has 1 rings (SSSR count). The molecule has 0 saturated carbocycles. The fourth-order valence-corrected chi connectivity index (χ4v) is 2.00. The molecule has 0 aromatic heterocycles. The Labute approximate surface area is 107 Å². The molecule has 0 aliphatic carbocycles. The van der Waals surface area contributed by atoms with Crippen LogP contribution in [0.2, 0.25) is 0 Å². The van der Waals surface area contributed by atoms with E-state index in [0.29, 0.717) is 11.3 Å². The first-order chi connectivity index (χ1) is 8.48. The number of benzene rings is 1. The number of anilines is 1. The second-order valence-corrected chi connectivity index (χ2v) is 5.28. The van der Waals surface area contributed by atoms with Gasteiger partial charge in [-0.3, -0.25) is 4.72 Å². The fraction of sp³-hybridized carbons (Fsp3) is 0.250. The zero-order chi connectivity index (χ0) is 13.6. The van der Waals surface area contributed by atoms with E-state index in [1.165, 1.54) is 0 Å². The van der Waals surface area contributed by atoms with Crippen molar-refractivity contribution in [1.82, 2.24) is 0 Å². The van der Waals surface area contributed by atoms with Crippen molar-refractivity contribution in [3.63, 3.8) is 0 Å². The number of hydrogen-bond donors (Lipinski definition) is 2. The maximum Gasteiger partial charge on any atom is 0.246 e. The summed E-state index contributed by atoms with van der Waals surface area (Å²) in [7, 11) is -3.62. The third-order valence-electron chi connectivity index (χ3n) is 2.09. The number of rotatable bonds is 3. The highest BCUT2D eigenvalue weighted by molar-refractivity contribution is 7.92. The van der Waals surface area contributed by atoms with Crippen LogP contribution in [0.4, 0.5) is 5.69 Å². The first kappa shape index (κ1) is 14.0. The van der Waals surface area contributed by atoms with E-state index in [9.17, 15) is 8.42 Å². The summed E-state index contributed by atoms with van der Waals surface area (Å²) in [4.78, 5) is 0. The SMILES string of the molecule is Cc1ccc(NS(=O)(=O)CC#N)cc1C#CCN. The smallest absolute Gasteiger partial charge is 0.246 e. The van der Waals surface area contributed by atoms with Gasteiger partial charge in [0.15, 0.2) is 5.75 Å². The number of nitriles is 1. The van der Waals surface area contributed by atoms with Gasteiger partial charge in [-0.25, -0.2) is 8.42 Å². The van der Waals surface area contributed by atoms with Gasteiger partial charge < -0.3 is 5.73 Å². The Morgan fingerprint density at radius 1 is 1.44 bits per heavy atom. The summed E-state index contributed by atoms with van der Waals surface area (Å²) in [5.74, 6) is 4.99. The molecule has 0 aliphatic heterocycles. The molecule has 0 atom stereocenters. The van der Waals surface area contributed by atoms with Crippen molar-refractivity contribution in [2.45, 2.75) is 6.92 Å². The van der Waals surface area contributed by atoms with Crippen molar-refractivity contribution in [3.8, 4) is 17.9 Å². The van der Waals surface area contributed by atoms with Gasteiger partial charge in [0.25, 0.3) is 0 Å². The van der Waals surface area contributed by atoms with E-state index < -0.39 is 15.8 Å². The molecule has 3 N–H and O–H groups in total. The molecule has 0 bridgehead atoms. The molecule has 1 aromatic carbocycles. The highest BCUT2D eigenvalue weighted by Crippen LogP contribution is 2.15. The van der Waals surface area contributed by atoms with Crippen LogP contribution in [0.25, 0.3) is 0 Å². The van der Waals surface area contributed by atoms with Gasteiger partial charge in [0.05, 0.1) is 12.6 Å². The van der Waals surface area contributed by atoms with Crippen LogP contribution in [0.3, 0.4) is 0 Å². The summed E-state index contributed by atoms with van der Waals surface area (Å²) < 4.78 is 25.2. The maximum absolute atomic E-state index is 11.4. The van der Waals surface area contributed by atoms with Crippen LogP contribution in [-0.4, -0.2) is 20.7 Å². The van der Waals surface area contributed by atoms with Gasteiger partial charge in [0.1, 0.15) is 0 Å².